The average Bonchev–Trinajstić information content (AvgIpc) is 2.97. The van der Waals surface area contributed by atoms with E-state index in [1.807, 2.05) is 0 Å². The third-order valence-corrected chi connectivity index (χ3v) is 9.04. The second-order valence-corrected chi connectivity index (χ2v) is 12.5. The fourth-order valence-corrected chi connectivity index (χ4v) is 8.30. The number of nitrogens with zero attached hydrogens (tertiary/aromatic N) is 1. The molecule has 5 aliphatic rings. The number of likely N-dealkylation sites (tertiary alicyclic amines) is 1. The monoisotopic (exact) mass is 385 g/mol. The summed E-state index contributed by atoms with van der Waals surface area (Å²) in [4.78, 5) is 15.6. The molecule has 0 N–H and O–H groups in total. The molecule has 3 nitrogen and oxygen atoms in total. The van der Waals surface area contributed by atoms with Crippen molar-refractivity contribution in [2.24, 2.45) is 34.0 Å². The first-order chi connectivity index (χ1) is 13.1. The summed E-state index contributed by atoms with van der Waals surface area (Å²) >= 11 is 0. The van der Waals surface area contributed by atoms with Crippen molar-refractivity contribution in [1.82, 2.24) is 4.90 Å². The molecule has 0 spiro atoms. The molecule has 0 unspecified atom stereocenters. The summed E-state index contributed by atoms with van der Waals surface area (Å²) in [5.41, 5.74) is 2.75. The molecule has 0 aromatic carbocycles. The predicted molar refractivity (Wildman–Crippen MR) is 112 cm³/mol. The van der Waals surface area contributed by atoms with Crippen LogP contribution >= 0.6 is 0 Å². The van der Waals surface area contributed by atoms with E-state index in [9.17, 15) is 4.79 Å². The van der Waals surface area contributed by atoms with Gasteiger partial charge in [-0.05, 0) is 60.7 Å². The topological polar surface area (TPSA) is 29.5 Å². The number of carbonyl (C=O) groups is 1. The van der Waals surface area contributed by atoms with Crippen LogP contribution in [0, 0.1) is 34.0 Å². The lowest BCUT2D eigenvalue weighted by Gasteiger charge is -2.46. The molecular formula is C25H39NO2. The quantitative estimate of drug-likeness (QED) is 0.483. The molecule has 156 valence electrons. The van der Waals surface area contributed by atoms with E-state index in [-0.39, 0.29) is 23.4 Å². The molecule has 28 heavy (non-hydrogen) atoms. The molecule has 3 heteroatoms. The standard InChI is InChI=1S/C25H39NO2/c1-16-7-6-8-25(5)12-21-18(9-20(16)25)19(22(27)28-21)13-26-15-24(4)11-17(26)10-23(2,3)14-24/h9,16-19,21H,6-8,10-15H2,1-5H3/t16-,17+,18+,19-,21+,24-,25+/m0/s1. The minimum absolute atomic E-state index is 0.0437. The Morgan fingerprint density at radius 2 is 1.96 bits per heavy atom. The molecule has 2 bridgehead atoms. The van der Waals surface area contributed by atoms with Crippen LogP contribution in [0.3, 0.4) is 0 Å². The van der Waals surface area contributed by atoms with Crippen LogP contribution in [0.2, 0.25) is 0 Å². The summed E-state index contributed by atoms with van der Waals surface area (Å²) in [5, 5.41) is 0. The van der Waals surface area contributed by atoms with Gasteiger partial charge in [-0.15, -0.1) is 0 Å². The van der Waals surface area contributed by atoms with E-state index < -0.39 is 0 Å². The van der Waals surface area contributed by atoms with E-state index in [0.717, 1.165) is 19.5 Å². The number of hydrogen-bond donors (Lipinski definition) is 0. The van der Waals surface area contributed by atoms with E-state index in [2.05, 4.69) is 45.6 Å². The minimum atomic E-state index is 0.0437. The highest BCUT2D eigenvalue weighted by atomic mass is 16.6. The van der Waals surface area contributed by atoms with Gasteiger partial charge in [0.1, 0.15) is 6.10 Å². The number of fused-ring (bicyclic) bond motifs is 4. The number of allylic oxidation sites excluding steroid dienone is 1. The summed E-state index contributed by atoms with van der Waals surface area (Å²) < 4.78 is 6.00. The van der Waals surface area contributed by atoms with Crippen molar-refractivity contribution in [3.05, 3.63) is 11.6 Å². The van der Waals surface area contributed by atoms with E-state index in [1.165, 1.54) is 38.5 Å². The molecule has 5 rings (SSSR count). The predicted octanol–water partition coefficient (Wildman–Crippen LogP) is 5.20. The Labute approximate surface area is 171 Å². The number of carbonyl (C=O) groups excluding carboxylic acids is 1. The highest BCUT2D eigenvalue weighted by Crippen LogP contribution is 2.56. The normalized spacial score (nSPS) is 50.0. The molecule has 2 saturated heterocycles. The fourth-order valence-electron chi connectivity index (χ4n) is 8.30. The zero-order valence-corrected chi connectivity index (χ0v) is 18.6. The SMILES string of the molecule is C[C@H]1CCC[C@]2(C)C[C@H]3OC(=O)[C@@H](CN4C[C@@]5(C)C[C@H]4CC(C)(C)C5)[C@H]3C=C12. The lowest BCUT2D eigenvalue weighted by Crippen LogP contribution is -2.42. The van der Waals surface area contributed by atoms with Crippen LogP contribution in [0.4, 0.5) is 0 Å². The van der Waals surface area contributed by atoms with Crippen LogP contribution in [-0.2, 0) is 9.53 Å². The molecule has 2 saturated carbocycles. The Hall–Kier alpha value is -0.830. The van der Waals surface area contributed by atoms with Gasteiger partial charge in [-0.3, -0.25) is 9.69 Å². The molecule has 0 radical (unpaired) electrons. The van der Waals surface area contributed by atoms with Crippen molar-refractivity contribution in [3.8, 4) is 0 Å². The van der Waals surface area contributed by atoms with Gasteiger partial charge in [-0.25, -0.2) is 0 Å². The first-order valence-electron chi connectivity index (χ1n) is 11.7. The van der Waals surface area contributed by atoms with Gasteiger partial charge in [0.2, 0.25) is 0 Å². The van der Waals surface area contributed by atoms with Crippen LogP contribution in [0.15, 0.2) is 11.6 Å². The number of esters is 1. The van der Waals surface area contributed by atoms with Gasteiger partial charge < -0.3 is 4.74 Å². The smallest absolute Gasteiger partial charge is 0.311 e. The van der Waals surface area contributed by atoms with E-state index >= 15 is 0 Å². The van der Waals surface area contributed by atoms with E-state index in [4.69, 9.17) is 4.74 Å². The Morgan fingerprint density at radius 3 is 2.75 bits per heavy atom. The van der Waals surface area contributed by atoms with Gasteiger partial charge in [0.05, 0.1) is 5.92 Å². The van der Waals surface area contributed by atoms with Crippen LogP contribution in [0.1, 0.15) is 79.6 Å². The van der Waals surface area contributed by atoms with Crippen molar-refractivity contribution in [2.45, 2.75) is 91.7 Å². The summed E-state index contributed by atoms with van der Waals surface area (Å²) in [6, 6.07) is 0.649. The maximum absolute atomic E-state index is 12.9. The minimum Gasteiger partial charge on any atom is -0.461 e. The first-order valence-corrected chi connectivity index (χ1v) is 11.7. The van der Waals surface area contributed by atoms with Crippen molar-refractivity contribution in [3.63, 3.8) is 0 Å². The van der Waals surface area contributed by atoms with Gasteiger partial charge in [0.25, 0.3) is 0 Å². The average molecular weight is 386 g/mol. The van der Waals surface area contributed by atoms with E-state index in [0.29, 0.717) is 28.7 Å². The first kappa shape index (κ1) is 19.2. The lowest BCUT2D eigenvalue weighted by atomic mass is 9.59. The molecule has 4 fully saturated rings. The highest BCUT2D eigenvalue weighted by molar-refractivity contribution is 5.76. The highest BCUT2D eigenvalue weighted by Gasteiger charge is 2.55. The fraction of sp³-hybridized carbons (Fsp3) is 0.880. The van der Waals surface area contributed by atoms with Crippen LogP contribution in [0.25, 0.3) is 0 Å². The van der Waals surface area contributed by atoms with E-state index in [1.54, 1.807) is 5.57 Å². The molecular weight excluding hydrogens is 346 g/mol. The van der Waals surface area contributed by atoms with Gasteiger partial charge >= 0.3 is 5.97 Å². The van der Waals surface area contributed by atoms with Gasteiger partial charge in [-0.2, -0.15) is 0 Å². The van der Waals surface area contributed by atoms with Gasteiger partial charge in [0, 0.05) is 25.0 Å². The van der Waals surface area contributed by atoms with Crippen LogP contribution in [-0.4, -0.2) is 36.1 Å². The molecule has 7 atom stereocenters. The van der Waals surface area contributed by atoms with Crippen molar-refractivity contribution >= 4 is 5.97 Å². The molecule has 0 aromatic rings. The summed E-state index contributed by atoms with van der Waals surface area (Å²) in [6.07, 6.45) is 11.5. The largest absolute Gasteiger partial charge is 0.461 e. The van der Waals surface area contributed by atoms with Crippen LogP contribution in [0.5, 0.6) is 0 Å². The zero-order valence-electron chi connectivity index (χ0n) is 18.6. The summed E-state index contributed by atoms with van der Waals surface area (Å²) in [7, 11) is 0. The van der Waals surface area contributed by atoms with Crippen molar-refractivity contribution < 1.29 is 9.53 Å². The second-order valence-electron chi connectivity index (χ2n) is 12.5. The summed E-state index contributed by atoms with van der Waals surface area (Å²) in [5.74, 6) is 1.09. The van der Waals surface area contributed by atoms with Gasteiger partial charge in [-0.1, -0.05) is 52.7 Å². The maximum atomic E-state index is 12.9. The lowest BCUT2D eigenvalue weighted by molar-refractivity contribution is -0.145. The Balaban J connectivity index is 1.39. The number of hydrogen-bond acceptors (Lipinski definition) is 3. The van der Waals surface area contributed by atoms with Gasteiger partial charge in [0.15, 0.2) is 0 Å². The molecule has 0 aromatic heterocycles. The van der Waals surface area contributed by atoms with Crippen molar-refractivity contribution in [2.75, 3.05) is 13.1 Å². The third kappa shape index (κ3) is 2.99. The Morgan fingerprint density at radius 1 is 1.18 bits per heavy atom. The Bertz CT molecular complexity index is 711. The van der Waals surface area contributed by atoms with Crippen molar-refractivity contribution in [1.29, 1.82) is 0 Å². The molecule has 2 aliphatic heterocycles. The molecule has 3 aliphatic carbocycles. The summed E-state index contributed by atoms with van der Waals surface area (Å²) in [6.45, 7) is 14.2. The molecule has 0 amide bonds. The molecule has 2 heterocycles. The second kappa shape index (κ2) is 6.09. The number of ether oxygens (including phenoxy) is 1. The van der Waals surface area contributed by atoms with Crippen LogP contribution < -0.4 is 0 Å². The zero-order chi connectivity index (χ0) is 19.9. The third-order valence-electron chi connectivity index (χ3n) is 9.04. The maximum Gasteiger partial charge on any atom is 0.311 e. The Kier molecular flexibility index (Phi) is 4.17. The number of rotatable bonds is 2.